The number of hydrogen-bond acceptors (Lipinski definition) is 4. The number of hydrogen-bond donors (Lipinski definition) is 2. The number of thiazole rings is 1. The van der Waals surface area contributed by atoms with Crippen LogP contribution in [-0.2, 0) is 13.1 Å². The van der Waals surface area contributed by atoms with Crippen LogP contribution in [0.1, 0.15) is 22.4 Å². The zero-order valence-electron chi connectivity index (χ0n) is 13.6. The average molecular weight is 446 g/mol. The number of nitrogens with one attached hydrogen (secondary N) is 2. The predicted octanol–water partition coefficient (Wildman–Crippen LogP) is 3.33. The fourth-order valence-corrected chi connectivity index (χ4v) is 2.61. The highest BCUT2D eigenvalue weighted by molar-refractivity contribution is 14.0. The summed E-state index contributed by atoms with van der Waals surface area (Å²) < 4.78 is 5.16. The zero-order valence-corrected chi connectivity index (χ0v) is 16.8. The van der Waals surface area contributed by atoms with Crippen molar-refractivity contribution in [1.29, 1.82) is 0 Å². The summed E-state index contributed by atoms with van der Waals surface area (Å²) in [6, 6.07) is 7.94. The lowest BCUT2D eigenvalue weighted by atomic mass is 10.2. The molecule has 0 bridgehead atoms. The summed E-state index contributed by atoms with van der Waals surface area (Å²) in [4.78, 5) is 10.2. The Bertz CT molecular complexity index is 613. The van der Waals surface area contributed by atoms with Crippen molar-refractivity contribution in [2.45, 2.75) is 26.9 Å². The SMILES string of the molecule is CCNC(=NCc1ccc(OC)cc1)NCc1ncc(C)s1.I. The van der Waals surface area contributed by atoms with E-state index in [4.69, 9.17) is 4.74 Å². The zero-order chi connectivity index (χ0) is 15.8. The van der Waals surface area contributed by atoms with Crippen molar-refractivity contribution in [1.82, 2.24) is 15.6 Å². The van der Waals surface area contributed by atoms with Gasteiger partial charge in [-0.3, -0.25) is 0 Å². The topological polar surface area (TPSA) is 58.5 Å². The molecule has 0 fully saturated rings. The Morgan fingerprint density at radius 3 is 2.57 bits per heavy atom. The van der Waals surface area contributed by atoms with E-state index >= 15 is 0 Å². The van der Waals surface area contributed by atoms with Gasteiger partial charge in [0.25, 0.3) is 0 Å². The minimum Gasteiger partial charge on any atom is -0.497 e. The summed E-state index contributed by atoms with van der Waals surface area (Å²) in [6.07, 6.45) is 1.89. The molecule has 0 spiro atoms. The molecule has 2 aromatic rings. The van der Waals surface area contributed by atoms with E-state index in [0.29, 0.717) is 13.1 Å². The van der Waals surface area contributed by atoms with Crippen LogP contribution in [0.3, 0.4) is 0 Å². The van der Waals surface area contributed by atoms with E-state index in [1.165, 1.54) is 4.88 Å². The van der Waals surface area contributed by atoms with Gasteiger partial charge >= 0.3 is 0 Å². The minimum atomic E-state index is 0. The fourth-order valence-electron chi connectivity index (χ4n) is 1.89. The van der Waals surface area contributed by atoms with Crippen LogP contribution in [0.4, 0.5) is 0 Å². The first-order valence-electron chi connectivity index (χ1n) is 7.27. The highest BCUT2D eigenvalue weighted by Crippen LogP contribution is 2.12. The Hall–Kier alpha value is -1.35. The first-order valence-corrected chi connectivity index (χ1v) is 8.09. The van der Waals surface area contributed by atoms with Crippen molar-refractivity contribution in [2.75, 3.05) is 13.7 Å². The van der Waals surface area contributed by atoms with Crippen LogP contribution in [0.25, 0.3) is 0 Å². The summed E-state index contributed by atoms with van der Waals surface area (Å²) in [5.74, 6) is 1.66. The Morgan fingerprint density at radius 1 is 1.26 bits per heavy atom. The first-order chi connectivity index (χ1) is 10.7. The second kappa shape index (κ2) is 10.4. The molecule has 5 nitrogen and oxygen atoms in total. The van der Waals surface area contributed by atoms with Crippen molar-refractivity contribution in [3.8, 4) is 5.75 Å². The lowest BCUT2D eigenvalue weighted by Gasteiger charge is -2.10. The van der Waals surface area contributed by atoms with Gasteiger partial charge in [0.05, 0.1) is 20.2 Å². The molecule has 0 saturated heterocycles. The number of halogens is 1. The Morgan fingerprint density at radius 2 is 2.00 bits per heavy atom. The van der Waals surface area contributed by atoms with Crippen LogP contribution in [0.2, 0.25) is 0 Å². The molecule has 0 aliphatic carbocycles. The second-order valence-corrected chi connectivity index (χ2v) is 6.08. The van der Waals surface area contributed by atoms with Gasteiger partial charge in [-0.05, 0) is 31.5 Å². The molecule has 7 heteroatoms. The van der Waals surface area contributed by atoms with Crippen molar-refractivity contribution in [2.24, 2.45) is 4.99 Å². The molecule has 0 aliphatic heterocycles. The number of guanidine groups is 1. The van der Waals surface area contributed by atoms with Gasteiger partial charge in [-0.2, -0.15) is 0 Å². The number of rotatable bonds is 6. The third-order valence-electron chi connectivity index (χ3n) is 3.00. The third kappa shape index (κ3) is 6.74. The Kier molecular flexibility index (Phi) is 8.93. The van der Waals surface area contributed by atoms with E-state index in [1.54, 1.807) is 18.4 Å². The number of methoxy groups -OCH3 is 1. The van der Waals surface area contributed by atoms with Gasteiger partial charge in [-0.15, -0.1) is 35.3 Å². The molecule has 0 saturated carbocycles. The van der Waals surface area contributed by atoms with Crippen LogP contribution in [0.5, 0.6) is 5.75 Å². The largest absolute Gasteiger partial charge is 0.497 e. The van der Waals surface area contributed by atoms with Gasteiger partial charge in [-0.1, -0.05) is 12.1 Å². The predicted molar refractivity (Wildman–Crippen MR) is 107 cm³/mol. The second-order valence-electron chi connectivity index (χ2n) is 4.76. The highest BCUT2D eigenvalue weighted by Gasteiger charge is 2.01. The summed E-state index contributed by atoms with van der Waals surface area (Å²) in [5.41, 5.74) is 1.14. The van der Waals surface area contributed by atoms with E-state index in [2.05, 4.69) is 34.5 Å². The molecule has 1 aromatic carbocycles. The molecule has 2 rings (SSSR count). The molecular weight excluding hydrogens is 423 g/mol. The van der Waals surface area contributed by atoms with Gasteiger partial charge < -0.3 is 15.4 Å². The average Bonchev–Trinajstić information content (AvgIpc) is 2.96. The normalized spacial score (nSPS) is 10.8. The molecule has 126 valence electrons. The summed E-state index contributed by atoms with van der Waals surface area (Å²) in [6.45, 7) is 6.25. The Balaban J connectivity index is 0.00000264. The maximum atomic E-state index is 5.16. The van der Waals surface area contributed by atoms with Gasteiger partial charge in [0.15, 0.2) is 5.96 Å². The van der Waals surface area contributed by atoms with E-state index in [1.807, 2.05) is 30.5 Å². The molecule has 0 unspecified atom stereocenters. The van der Waals surface area contributed by atoms with Crippen LogP contribution in [0.15, 0.2) is 35.5 Å². The maximum Gasteiger partial charge on any atom is 0.191 e. The molecule has 0 amide bonds. The maximum absolute atomic E-state index is 5.16. The number of ether oxygens (including phenoxy) is 1. The number of nitrogens with zero attached hydrogens (tertiary/aromatic N) is 2. The van der Waals surface area contributed by atoms with Crippen molar-refractivity contribution in [3.63, 3.8) is 0 Å². The molecule has 0 aliphatic rings. The van der Waals surface area contributed by atoms with Crippen molar-refractivity contribution < 1.29 is 4.74 Å². The highest BCUT2D eigenvalue weighted by atomic mass is 127. The van der Waals surface area contributed by atoms with Crippen molar-refractivity contribution in [3.05, 3.63) is 45.9 Å². The molecule has 1 heterocycles. The van der Waals surface area contributed by atoms with Crippen molar-refractivity contribution >= 4 is 41.3 Å². The number of aliphatic imine (C=N–C) groups is 1. The molecule has 23 heavy (non-hydrogen) atoms. The number of aromatic nitrogens is 1. The fraction of sp³-hybridized carbons (Fsp3) is 0.375. The lowest BCUT2D eigenvalue weighted by molar-refractivity contribution is 0.414. The quantitative estimate of drug-likeness (QED) is 0.406. The van der Waals surface area contributed by atoms with Gasteiger partial charge in [-0.25, -0.2) is 9.98 Å². The number of aryl methyl sites for hydroxylation is 1. The van der Waals surface area contributed by atoms with Crippen LogP contribution in [-0.4, -0.2) is 24.6 Å². The molecule has 1 aromatic heterocycles. The summed E-state index contributed by atoms with van der Waals surface area (Å²) in [5, 5.41) is 7.61. The third-order valence-corrected chi connectivity index (χ3v) is 3.91. The first kappa shape index (κ1) is 19.7. The molecular formula is C16H23IN4OS. The van der Waals surface area contributed by atoms with Crippen LogP contribution in [0, 0.1) is 6.92 Å². The van der Waals surface area contributed by atoms with Gasteiger partial charge in [0, 0.05) is 17.6 Å². The minimum absolute atomic E-state index is 0. The molecule has 0 radical (unpaired) electrons. The monoisotopic (exact) mass is 446 g/mol. The smallest absolute Gasteiger partial charge is 0.191 e. The van der Waals surface area contributed by atoms with Gasteiger partial charge in [0.1, 0.15) is 10.8 Å². The lowest BCUT2D eigenvalue weighted by Crippen LogP contribution is -2.36. The van der Waals surface area contributed by atoms with Crippen LogP contribution < -0.4 is 15.4 Å². The molecule has 2 N–H and O–H groups in total. The van der Waals surface area contributed by atoms with Gasteiger partial charge in [0.2, 0.25) is 0 Å². The summed E-state index contributed by atoms with van der Waals surface area (Å²) >= 11 is 1.70. The standard InChI is InChI=1S/C16H22N4OS.HI/c1-4-17-16(20-11-15-18-9-12(2)22-15)19-10-13-5-7-14(21-3)8-6-13;/h5-9H,4,10-11H2,1-3H3,(H2,17,19,20);1H. The van der Waals surface area contributed by atoms with E-state index < -0.39 is 0 Å². The van der Waals surface area contributed by atoms with E-state index in [0.717, 1.165) is 28.8 Å². The Labute approximate surface area is 158 Å². The van der Waals surface area contributed by atoms with E-state index in [-0.39, 0.29) is 24.0 Å². The number of benzene rings is 1. The molecule has 0 atom stereocenters. The van der Waals surface area contributed by atoms with Crippen LogP contribution >= 0.6 is 35.3 Å². The van der Waals surface area contributed by atoms with E-state index in [9.17, 15) is 0 Å². The summed E-state index contributed by atoms with van der Waals surface area (Å²) in [7, 11) is 1.67.